The standard InChI is InChI=1S/C29H47Cl2N5O4/c1-7-12-20(24(37)25(38)32-15-8-2)33-17(3)23-21-19(29(21,30)31)16-36(23)26(39)22(18-13-10-9-11-14-18)34-27(40)35-28(4,5)6/h8,17-23,33H,2,7,9-16H2,1,3-6H3,(H,32,38)(H2,34,35,40)/t17?,19-,20?,21-,22-,23+/m0/s1. The summed E-state index contributed by atoms with van der Waals surface area (Å²) in [5.41, 5.74) is -0.448. The second-order valence-electron chi connectivity index (χ2n) is 12.7. The number of hydrogen-bond donors (Lipinski definition) is 4. The first-order valence-electron chi connectivity index (χ1n) is 14.7. The first-order valence-corrected chi connectivity index (χ1v) is 15.4. The van der Waals surface area contributed by atoms with Crippen LogP contribution < -0.4 is 21.3 Å². The fraction of sp³-hybridized carbons (Fsp3) is 0.793. The molecule has 9 nitrogen and oxygen atoms in total. The van der Waals surface area contributed by atoms with Gasteiger partial charge in [-0.2, -0.15) is 0 Å². The highest BCUT2D eigenvalue weighted by Crippen LogP contribution is 2.66. The fourth-order valence-corrected chi connectivity index (χ4v) is 7.26. The minimum atomic E-state index is -0.958. The van der Waals surface area contributed by atoms with Crippen molar-refractivity contribution in [2.75, 3.05) is 13.1 Å². The Morgan fingerprint density at radius 2 is 1.77 bits per heavy atom. The second kappa shape index (κ2) is 13.4. The SMILES string of the molecule is C=CCNC(=O)C(=O)C(CCC)NC(C)[C@@H]1[C@@H]2[C@H](CN1C(=O)[C@@H](NC(=O)NC(C)(C)C)C1CCCCC1)C2(Cl)Cl. The molecule has 1 heterocycles. The van der Waals surface area contributed by atoms with Crippen molar-refractivity contribution in [3.63, 3.8) is 0 Å². The van der Waals surface area contributed by atoms with Crippen LogP contribution in [0.15, 0.2) is 12.7 Å². The summed E-state index contributed by atoms with van der Waals surface area (Å²) in [6.45, 7) is 13.7. The number of alkyl halides is 2. The van der Waals surface area contributed by atoms with Gasteiger partial charge in [-0.25, -0.2) is 4.79 Å². The van der Waals surface area contributed by atoms with Gasteiger partial charge >= 0.3 is 6.03 Å². The molecule has 3 fully saturated rings. The highest BCUT2D eigenvalue weighted by atomic mass is 35.5. The zero-order valence-corrected chi connectivity index (χ0v) is 26.0. The molecular formula is C29H47Cl2N5O4. The number of likely N-dealkylation sites (tertiary alicyclic amines) is 1. The molecule has 3 rings (SSSR count). The van der Waals surface area contributed by atoms with Gasteiger partial charge in [-0.05, 0) is 52.9 Å². The van der Waals surface area contributed by atoms with E-state index in [0.29, 0.717) is 19.4 Å². The number of carbonyl (C=O) groups excluding carboxylic acids is 4. The van der Waals surface area contributed by atoms with E-state index in [2.05, 4.69) is 27.8 Å². The van der Waals surface area contributed by atoms with E-state index in [4.69, 9.17) is 23.2 Å². The van der Waals surface area contributed by atoms with Gasteiger partial charge in [-0.1, -0.05) is 38.7 Å². The minimum Gasteiger partial charge on any atom is -0.346 e. The number of rotatable bonds is 12. The number of nitrogens with one attached hydrogen (secondary N) is 4. The highest BCUT2D eigenvalue weighted by molar-refractivity contribution is 6.51. The van der Waals surface area contributed by atoms with Crippen molar-refractivity contribution in [1.29, 1.82) is 0 Å². The lowest BCUT2D eigenvalue weighted by atomic mass is 9.83. The lowest BCUT2D eigenvalue weighted by Crippen LogP contribution is -2.61. The molecule has 4 N–H and O–H groups in total. The topological polar surface area (TPSA) is 120 Å². The molecule has 40 heavy (non-hydrogen) atoms. The predicted molar refractivity (Wildman–Crippen MR) is 158 cm³/mol. The summed E-state index contributed by atoms with van der Waals surface area (Å²) in [4.78, 5) is 54.4. The number of nitrogens with zero attached hydrogens (tertiary/aromatic N) is 1. The number of piperidine rings is 1. The zero-order chi connectivity index (χ0) is 29.8. The Morgan fingerprint density at radius 1 is 1.12 bits per heavy atom. The normalized spacial score (nSPS) is 26.2. The first-order chi connectivity index (χ1) is 18.7. The van der Waals surface area contributed by atoms with Gasteiger partial charge in [0.15, 0.2) is 0 Å². The number of halogens is 2. The monoisotopic (exact) mass is 599 g/mol. The molecule has 1 aliphatic heterocycles. The lowest BCUT2D eigenvalue weighted by Gasteiger charge is -2.40. The Kier molecular flexibility index (Phi) is 11.0. The van der Waals surface area contributed by atoms with Crippen molar-refractivity contribution in [1.82, 2.24) is 26.2 Å². The van der Waals surface area contributed by atoms with Crippen molar-refractivity contribution in [3.05, 3.63) is 12.7 Å². The van der Waals surface area contributed by atoms with Gasteiger partial charge in [0.1, 0.15) is 10.4 Å². The number of amides is 4. The molecule has 6 atom stereocenters. The number of fused-ring (bicyclic) bond motifs is 1. The lowest BCUT2D eigenvalue weighted by molar-refractivity contribution is -0.139. The van der Waals surface area contributed by atoms with Crippen LogP contribution in [0.2, 0.25) is 0 Å². The first kappa shape index (κ1) is 32.7. The largest absolute Gasteiger partial charge is 0.346 e. The van der Waals surface area contributed by atoms with E-state index in [1.165, 1.54) is 6.08 Å². The van der Waals surface area contributed by atoms with Gasteiger partial charge in [0.25, 0.3) is 5.91 Å². The molecule has 2 unspecified atom stereocenters. The fourth-order valence-electron chi connectivity index (χ4n) is 6.41. The van der Waals surface area contributed by atoms with Gasteiger partial charge in [0.2, 0.25) is 11.7 Å². The second-order valence-corrected chi connectivity index (χ2v) is 14.1. The molecular weight excluding hydrogens is 553 g/mol. The Bertz CT molecular complexity index is 963. The summed E-state index contributed by atoms with van der Waals surface area (Å²) >= 11 is 13.3. The molecule has 11 heteroatoms. The minimum absolute atomic E-state index is 0.0348. The quantitative estimate of drug-likeness (QED) is 0.155. The van der Waals surface area contributed by atoms with Crippen molar-refractivity contribution in [2.45, 2.75) is 114 Å². The van der Waals surface area contributed by atoms with Crippen LogP contribution in [0.5, 0.6) is 0 Å². The summed E-state index contributed by atoms with van der Waals surface area (Å²) < 4.78 is -0.958. The molecule has 0 aromatic heterocycles. The Labute approximate surface area is 248 Å². The summed E-state index contributed by atoms with van der Waals surface area (Å²) in [6, 6.07) is -2.53. The maximum absolute atomic E-state index is 14.2. The van der Waals surface area contributed by atoms with E-state index < -0.39 is 39.7 Å². The molecule has 2 aliphatic carbocycles. The molecule has 1 saturated heterocycles. The molecule has 0 radical (unpaired) electrons. The van der Waals surface area contributed by atoms with Crippen LogP contribution in [0, 0.1) is 17.8 Å². The third-order valence-corrected chi connectivity index (χ3v) is 9.40. The van der Waals surface area contributed by atoms with E-state index in [-0.39, 0.29) is 42.3 Å². The van der Waals surface area contributed by atoms with Crippen molar-refractivity contribution < 1.29 is 19.2 Å². The molecule has 4 amide bonds. The van der Waals surface area contributed by atoms with Gasteiger partial charge < -0.3 is 26.2 Å². The van der Waals surface area contributed by atoms with E-state index in [1.807, 2.05) is 34.6 Å². The number of Topliss-reactive ketones (excluding diaryl/α,β-unsaturated/α-hetero) is 1. The van der Waals surface area contributed by atoms with Crippen LogP contribution >= 0.6 is 23.2 Å². The van der Waals surface area contributed by atoms with Crippen molar-refractivity contribution in [3.8, 4) is 0 Å². The summed E-state index contributed by atoms with van der Waals surface area (Å²) in [5, 5.41) is 11.8. The molecule has 0 aromatic rings. The smallest absolute Gasteiger partial charge is 0.315 e. The van der Waals surface area contributed by atoms with Crippen LogP contribution in [0.3, 0.4) is 0 Å². The Balaban J connectivity index is 1.83. The number of hydrogen-bond acceptors (Lipinski definition) is 5. The van der Waals surface area contributed by atoms with Gasteiger partial charge in [-0.15, -0.1) is 29.8 Å². The summed E-state index contributed by atoms with van der Waals surface area (Å²) in [5.74, 6) is -1.61. The predicted octanol–water partition coefficient (Wildman–Crippen LogP) is 3.68. The zero-order valence-electron chi connectivity index (χ0n) is 24.5. The average Bonchev–Trinajstić information content (AvgIpc) is 3.21. The maximum Gasteiger partial charge on any atom is 0.315 e. The number of urea groups is 1. The van der Waals surface area contributed by atoms with Crippen molar-refractivity contribution >= 4 is 46.8 Å². The Hall–Kier alpha value is -1.84. The van der Waals surface area contributed by atoms with Crippen LogP contribution in [0.4, 0.5) is 4.79 Å². The van der Waals surface area contributed by atoms with E-state index in [1.54, 1.807) is 4.90 Å². The molecule has 0 bridgehead atoms. The molecule has 3 aliphatic rings. The molecule has 0 spiro atoms. The number of ketones is 1. The molecule has 2 saturated carbocycles. The van der Waals surface area contributed by atoms with Gasteiger partial charge in [0.05, 0.1) is 12.1 Å². The molecule has 226 valence electrons. The van der Waals surface area contributed by atoms with Crippen LogP contribution in [-0.2, 0) is 14.4 Å². The van der Waals surface area contributed by atoms with Crippen LogP contribution in [-0.4, -0.2) is 75.7 Å². The third kappa shape index (κ3) is 7.71. The van der Waals surface area contributed by atoms with Gasteiger partial charge in [0, 0.05) is 36.5 Å². The average molecular weight is 601 g/mol. The van der Waals surface area contributed by atoms with Gasteiger partial charge in [-0.3, -0.25) is 14.4 Å². The highest BCUT2D eigenvalue weighted by Gasteiger charge is 2.73. The third-order valence-electron chi connectivity index (χ3n) is 8.33. The van der Waals surface area contributed by atoms with Crippen molar-refractivity contribution in [2.24, 2.45) is 17.8 Å². The summed E-state index contributed by atoms with van der Waals surface area (Å²) in [7, 11) is 0. The molecule has 0 aromatic carbocycles. The maximum atomic E-state index is 14.2. The number of carbonyl (C=O) groups is 4. The Morgan fingerprint density at radius 3 is 2.35 bits per heavy atom. The summed E-state index contributed by atoms with van der Waals surface area (Å²) in [6.07, 6.45) is 7.57. The van der Waals surface area contributed by atoms with E-state index in [9.17, 15) is 19.2 Å². The van der Waals surface area contributed by atoms with E-state index in [0.717, 1.165) is 32.1 Å². The van der Waals surface area contributed by atoms with E-state index >= 15 is 0 Å². The van der Waals surface area contributed by atoms with Crippen LogP contribution in [0.25, 0.3) is 0 Å². The van der Waals surface area contributed by atoms with Crippen LogP contribution in [0.1, 0.15) is 79.6 Å².